The van der Waals surface area contributed by atoms with Crippen molar-refractivity contribution < 1.29 is 15.0 Å². The molecule has 0 aliphatic carbocycles. The number of carboxylic acid groups (broad SMARTS) is 1. The van der Waals surface area contributed by atoms with Crippen LogP contribution in [-0.2, 0) is 11.2 Å². The third-order valence-electron chi connectivity index (χ3n) is 5.19. The maximum atomic E-state index is 11.7. The molecular weight excluding hydrogens is 384 g/mol. The number of hydrogen-bond donors (Lipinski definition) is 2. The Balaban J connectivity index is 1.58. The number of aliphatic hydroxyl groups excluding tert-OH is 1. The molecule has 3 nitrogen and oxygen atoms in total. The van der Waals surface area contributed by atoms with E-state index in [4.69, 9.17) is 11.6 Å². The molecular formula is C25H25ClO3. The number of aryl methyl sites for hydroxylation is 1. The van der Waals surface area contributed by atoms with Gasteiger partial charge in [-0.1, -0.05) is 78.3 Å². The first kappa shape index (κ1) is 21.1. The Morgan fingerprint density at radius 2 is 1.45 bits per heavy atom. The molecule has 0 aliphatic heterocycles. The summed E-state index contributed by atoms with van der Waals surface area (Å²) in [6.45, 7) is 0. The van der Waals surface area contributed by atoms with Crippen LogP contribution in [-0.4, -0.2) is 16.2 Å². The molecule has 2 atom stereocenters. The quantitative estimate of drug-likeness (QED) is 0.446. The standard InChI is InChI=1S/C25H25ClO3/c26-23-15-13-20(14-16-23)19-9-11-21(12-10-19)24(27)17-22(25(28)29)8-4-7-18-5-2-1-3-6-18/h1-3,5-6,9-16,22,24,27H,4,7-8,17H2,(H,28,29)/t22?,24-/m1/s1. The van der Waals surface area contributed by atoms with Gasteiger partial charge in [-0.25, -0.2) is 0 Å². The van der Waals surface area contributed by atoms with Crippen LogP contribution in [0.25, 0.3) is 11.1 Å². The topological polar surface area (TPSA) is 57.5 Å². The van der Waals surface area contributed by atoms with E-state index >= 15 is 0 Å². The van der Waals surface area contributed by atoms with Gasteiger partial charge in [0.05, 0.1) is 12.0 Å². The normalized spacial score (nSPS) is 13.0. The second-order valence-corrected chi connectivity index (χ2v) is 7.73. The molecule has 3 rings (SSSR count). The summed E-state index contributed by atoms with van der Waals surface area (Å²) in [6.07, 6.45) is 1.58. The lowest BCUT2D eigenvalue weighted by Crippen LogP contribution is -2.17. The van der Waals surface area contributed by atoms with E-state index in [1.807, 2.05) is 78.9 Å². The average Bonchev–Trinajstić information content (AvgIpc) is 2.74. The van der Waals surface area contributed by atoms with Gasteiger partial charge in [0.1, 0.15) is 0 Å². The summed E-state index contributed by atoms with van der Waals surface area (Å²) in [5.41, 5.74) is 4.00. The molecule has 150 valence electrons. The predicted molar refractivity (Wildman–Crippen MR) is 117 cm³/mol. The van der Waals surface area contributed by atoms with Gasteiger partial charge in [0.25, 0.3) is 0 Å². The second kappa shape index (κ2) is 10.2. The van der Waals surface area contributed by atoms with Crippen LogP contribution in [0, 0.1) is 5.92 Å². The monoisotopic (exact) mass is 408 g/mol. The Labute approximate surface area is 176 Å². The van der Waals surface area contributed by atoms with Gasteiger partial charge in [0, 0.05) is 5.02 Å². The van der Waals surface area contributed by atoms with Crippen LogP contribution in [0.3, 0.4) is 0 Å². The SMILES string of the molecule is O=C(O)C(CCCc1ccccc1)C[C@@H](O)c1ccc(-c2ccc(Cl)cc2)cc1. The molecule has 0 radical (unpaired) electrons. The molecule has 3 aromatic rings. The molecule has 4 heteroatoms. The molecule has 3 aromatic carbocycles. The minimum absolute atomic E-state index is 0.213. The summed E-state index contributed by atoms with van der Waals surface area (Å²) in [5.74, 6) is -1.42. The van der Waals surface area contributed by atoms with Crippen molar-refractivity contribution in [3.05, 3.63) is 95.0 Å². The van der Waals surface area contributed by atoms with E-state index in [1.165, 1.54) is 5.56 Å². The average molecular weight is 409 g/mol. The smallest absolute Gasteiger partial charge is 0.306 e. The van der Waals surface area contributed by atoms with Crippen molar-refractivity contribution in [2.24, 2.45) is 5.92 Å². The molecule has 0 saturated heterocycles. The Bertz CT molecular complexity index is 905. The second-order valence-electron chi connectivity index (χ2n) is 7.29. The molecule has 0 aliphatic rings. The molecule has 0 fully saturated rings. The zero-order valence-corrected chi connectivity index (χ0v) is 16.9. The highest BCUT2D eigenvalue weighted by Crippen LogP contribution is 2.28. The molecule has 0 spiro atoms. The van der Waals surface area contributed by atoms with E-state index in [0.29, 0.717) is 11.4 Å². The van der Waals surface area contributed by atoms with Crippen LogP contribution < -0.4 is 0 Å². The molecule has 1 unspecified atom stereocenters. The lowest BCUT2D eigenvalue weighted by atomic mass is 9.91. The lowest BCUT2D eigenvalue weighted by molar-refractivity contribution is -0.143. The van der Waals surface area contributed by atoms with Crippen molar-refractivity contribution in [3.8, 4) is 11.1 Å². The lowest BCUT2D eigenvalue weighted by Gasteiger charge is -2.17. The first-order valence-electron chi connectivity index (χ1n) is 9.83. The van der Waals surface area contributed by atoms with Gasteiger partial charge in [-0.05, 0) is 60.1 Å². The summed E-state index contributed by atoms with van der Waals surface area (Å²) in [5, 5.41) is 20.8. The third-order valence-corrected chi connectivity index (χ3v) is 5.44. The molecule has 0 saturated carbocycles. The van der Waals surface area contributed by atoms with Crippen molar-refractivity contribution in [3.63, 3.8) is 0 Å². The predicted octanol–water partition coefficient (Wildman–Crippen LogP) is 6.15. The van der Waals surface area contributed by atoms with Crippen LogP contribution >= 0.6 is 11.6 Å². The van der Waals surface area contributed by atoms with Gasteiger partial charge in [-0.2, -0.15) is 0 Å². The van der Waals surface area contributed by atoms with Gasteiger partial charge >= 0.3 is 5.97 Å². The summed E-state index contributed by atoms with van der Waals surface area (Å²) >= 11 is 5.93. The van der Waals surface area contributed by atoms with Crippen LogP contribution in [0.15, 0.2) is 78.9 Å². The summed E-state index contributed by atoms with van der Waals surface area (Å²) in [6, 6.07) is 25.2. The highest BCUT2D eigenvalue weighted by molar-refractivity contribution is 6.30. The van der Waals surface area contributed by atoms with Crippen LogP contribution in [0.1, 0.15) is 36.5 Å². The number of aliphatic hydroxyl groups is 1. The minimum Gasteiger partial charge on any atom is -0.481 e. The van der Waals surface area contributed by atoms with Gasteiger partial charge in [0.2, 0.25) is 0 Å². The minimum atomic E-state index is -0.852. The Morgan fingerprint density at radius 3 is 2.03 bits per heavy atom. The van der Waals surface area contributed by atoms with Crippen molar-refractivity contribution in [2.45, 2.75) is 31.8 Å². The number of aliphatic carboxylic acids is 1. The Kier molecular flexibility index (Phi) is 7.45. The number of benzene rings is 3. The van der Waals surface area contributed by atoms with Crippen LogP contribution in [0.4, 0.5) is 0 Å². The van der Waals surface area contributed by atoms with Crippen molar-refractivity contribution in [2.75, 3.05) is 0 Å². The Hall–Kier alpha value is -2.62. The zero-order chi connectivity index (χ0) is 20.6. The fourth-order valence-corrected chi connectivity index (χ4v) is 3.61. The Morgan fingerprint density at radius 1 is 0.862 bits per heavy atom. The van der Waals surface area contributed by atoms with Gasteiger partial charge in [-0.15, -0.1) is 0 Å². The third kappa shape index (κ3) is 6.18. The largest absolute Gasteiger partial charge is 0.481 e. The van der Waals surface area contributed by atoms with Crippen LogP contribution in [0.2, 0.25) is 5.02 Å². The van der Waals surface area contributed by atoms with E-state index in [0.717, 1.165) is 29.5 Å². The first-order chi connectivity index (χ1) is 14.0. The van der Waals surface area contributed by atoms with E-state index in [-0.39, 0.29) is 6.42 Å². The van der Waals surface area contributed by atoms with Gasteiger partial charge < -0.3 is 10.2 Å². The number of carboxylic acids is 1. The van der Waals surface area contributed by atoms with Crippen molar-refractivity contribution in [1.82, 2.24) is 0 Å². The number of rotatable bonds is 9. The highest BCUT2D eigenvalue weighted by Gasteiger charge is 2.22. The first-order valence-corrected chi connectivity index (χ1v) is 10.2. The molecule has 29 heavy (non-hydrogen) atoms. The molecule has 0 heterocycles. The van der Waals surface area contributed by atoms with E-state index in [2.05, 4.69) is 0 Å². The number of halogens is 1. The summed E-state index contributed by atoms with van der Waals surface area (Å²) in [4.78, 5) is 11.7. The summed E-state index contributed by atoms with van der Waals surface area (Å²) in [7, 11) is 0. The molecule has 2 N–H and O–H groups in total. The molecule has 0 aromatic heterocycles. The highest BCUT2D eigenvalue weighted by atomic mass is 35.5. The van der Waals surface area contributed by atoms with Gasteiger partial charge in [-0.3, -0.25) is 4.79 Å². The number of hydrogen-bond acceptors (Lipinski definition) is 2. The van der Waals surface area contributed by atoms with Crippen LogP contribution in [0.5, 0.6) is 0 Å². The zero-order valence-electron chi connectivity index (χ0n) is 16.2. The molecule has 0 bridgehead atoms. The van der Waals surface area contributed by atoms with E-state index in [9.17, 15) is 15.0 Å². The van der Waals surface area contributed by atoms with Crippen molar-refractivity contribution >= 4 is 17.6 Å². The van der Waals surface area contributed by atoms with Gasteiger partial charge in [0.15, 0.2) is 0 Å². The maximum Gasteiger partial charge on any atom is 0.306 e. The van der Waals surface area contributed by atoms with E-state index in [1.54, 1.807) is 0 Å². The fourth-order valence-electron chi connectivity index (χ4n) is 3.49. The van der Waals surface area contributed by atoms with E-state index < -0.39 is 18.0 Å². The fraction of sp³-hybridized carbons (Fsp3) is 0.240. The number of carbonyl (C=O) groups is 1. The van der Waals surface area contributed by atoms with Crippen molar-refractivity contribution in [1.29, 1.82) is 0 Å². The molecule has 0 amide bonds. The maximum absolute atomic E-state index is 11.7. The summed E-state index contributed by atoms with van der Waals surface area (Å²) < 4.78 is 0.